The minimum Gasteiger partial charge on any atom is -0.508 e. The van der Waals surface area contributed by atoms with E-state index in [0.717, 1.165) is 18.6 Å². The number of phenols is 1. The van der Waals surface area contributed by atoms with E-state index in [1.807, 2.05) is 24.3 Å². The highest BCUT2D eigenvalue weighted by molar-refractivity contribution is 5.33. The minimum atomic E-state index is 0.0808. The van der Waals surface area contributed by atoms with E-state index in [4.69, 9.17) is 4.74 Å². The van der Waals surface area contributed by atoms with Crippen LogP contribution in [0, 0.1) is 0 Å². The minimum absolute atomic E-state index is 0.0808. The van der Waals surface area contributed by atoms with E-state index in [1.54, 1.807) is 19.2 Å². The molecular weight excluding hydrogens is 284 g/mol. The van der Waals surface area contributed by atoms with E-state index in [9.17, 15) is 5.11 Å². The smallest absolute Gasteiger partial charge is 0.118 e. The van der Waals surface area contributed by atoms with Crippen LogP contribution < -0.4 is 4.74 Å². The number of aromatic hydroxyl groups is 1. The van der Waals surface area contributed by atoms with Gasteiger partial charge in [-0.05, 0) is 59.1 Å². The molecule has 0 spiro atoms. The molecule has 0 amide bonds. The number of phenolic OH excluding ortho intramolecular Hbond substituents is 1. The van der Waals surface area contributed by atoms with Crippen LogP contribution in [0.5, 0.6) is 11.5 Å². The molecule has 2 aromatic carbocycles. The maximum atomic E-state index is 9.46. The summed E-state index contributed by atoms with van der Waals surface area (Å²) in [6.45, 7) is 9.12. The summed E-state index contributed by atoms with van der Waals surface area (Å²) < 4.78 is 5.24. The fourth-order valence-electron chi connectivity index (χ4n) is 2.87. The van der Waals surface area contributed by atoms with Gasteiger partial charge in [0.2, 0.25) is 0 Å². The van der Waals surface area contributed by atoms with Crippen molar-refractivity contribution in [3.8, 4) is 11.5 Å². The Morgan fingerprint density at radius 2 is 1.13 bits per heavy atom. The Bertz CT molecular complexity index is 622. The molecule has 1 N–H and O–H groups in total. The van der Waals surface area contributed by atoms with Crippen LogP contribution >= 0.6 is 0 Å². The van der Waals surface area contributed by atoms with Crippen LogP contribution in [0.3, 0.4) is 0 Å². The molecule has 2 rings (SSSR count). The molecule has 0 unspecified atom stereocenters. The third kappa shape index (κ3) is 4.28. The van der Waals surface area contributed by atoms with Crippen molar-refractivity contribution in [2.24, 2.45) is 0 Å². The van der Waals surface area contributed by atoms with Gasteiger partial charge in [0.25, 0.3) is 0 Å². The molecule has 0 radical (unpaired) electrons. The maximum absolute atomic E-state index is 9.46. The van der Waals surface area contributed by atoms with E-state index in [-0.39, 0.29) is 10.8 Å². The summed E-state index contributed by atoms with van der Waals surface area (Å²) in [6, 6.07) is 16.0. The summed E-state index contributed by atoms with van der Waals surface area (Å²) in [4.78, 5) is 0. The van der Waals surface area contributed by atoms with Crippen molar-refractivity contribution >= 4 is 0 Å². The van der Waals surface area contributed by atoms with Gasteiger partial charge < -0.3 is 9.84 Å². The molecule has 0 aliphatic rings. The van der Waals surface area contributed by atoms with Gasteiger partial charge in [0, 0.05) is 0 Å². The van der Waals surface area contributed by atoms with Crippen LogP contribution in [0.1, 0.15) is 51.7 Å². The molecule has 0 aliphatic carbocycles. The zero-order valence-corrected chi connectivity index (χ0v) is 14.9. The highest BCUT2D eigenvalue weighted by atomic mass is 16.5. The van der Waals surface area contributed by atoms with Crippen molar-refractivity contribution in [2.75, 3.05) is 7.11 Å². The van der Waals surface area contributed by atoms with Gasteiger partial charge in [-0.25, -0.2) is 0 Å². The topological polar surface area (TPSA) is 29.5 Å². The predicted molar refractivity (Wildman–Crippen MR) is 96.4 cm³/mol. The van der Waals surface area contributed by atoms with Gasteiger partial charge >= 0.3 is 0 Å². The number of ether oxygens (including phenoxy) is 1. The highest BCUT2D eigenvalue weighted by Gasteiger charge is 2.27. The van der Waals surface area contributed by atoms with Gasteiger partial charge in [-0.3, -0.25) is 0 Å². The monoisotopic (exact) mass is 312 g/mol. The molecule has 0 saturated carbocycles. The second-order valence-corrected chi connectivity index (χ2v) is 7.54. The summed E-state index contributed by atoms with van der Waals surface area (Å²) in [6.07, 6.45) is 2.17. The normalized spacial score (nSPS) is 12.2. The van der Waals surface area contributed by atoms with Gasteiger partial charge in [0.05, 0.1) is 7.11 Å². The van der Waals surface area contributed by atoms with Crippen molar-refractivity contribution in [3.05, 3.63) is 59.7 Å². The number of hydrogen-bond acceptors (Lipinski definition) is 2. The molecular formula is C21H28O2. The Balaban J connectivity index is 2.08. The lowest BCUT2D eigenvalue weighted by molar-refractivity contribution is 0.373. The summed E-state index contributed by atoms with van der Waals surface area (Å²) in [5.74, 6) is 1.22. The SMILES string of the molecule is COc1ccc(C(C)(C)CCC(C)(C)c2ccc(O)cc2)cc1. The number of methoxy groups -OCH3 is 1. The van der Waals surface area contributed by atoms with Crippen LogP contribution in [0.2, 0.25) is 0 Å². The number of hydrogen-bond donors (Lipinski definition) is 1. The predicted octanol–water partition coefficient (Wildman–Crippen LogP) is 5.44. The molecule has 124 valence electrons. The Morgan fingerprint density at radius 1 is 0.739 bits per heavy atom. The molecule has 0 bridgehead atoms. The third-order valence-corrected chi connectivity index (χ3v) is 4.90. The average Bonchev–Trinajstić information content (AvgIpc) is 2.54. The third-order valence-electron chi connectivity index (χ3n) is 4.90. The van der Waals surface area contributed by atoms with E-state index in [2.05, 4.69) is 39.8 Å². The largest absolute Gasteiger partial charge is 0.508 e. The van der Waals surface area contributed by atoms with Gasteiger partial charge in [-0.2, -0.15) is 0 Å². The van der Waals surface area contributed by atoms with Crippen molar-refractivity contribution < 1.29 is 9.84 Å². The molecule has 0 saturated heterocycles. The Hall–Kier alpha value is -1.96. The summed E-state index contributed by atoms with van der Waals surface area (Å²) in [7, 11) is 1.69. The van der Waals surface area contributed by atoms with E-state index < -0.39 is 0 Å². The molecule has 0 aliphatic heterocycles. The highest BCUT2D eigenvalue weighted by Crippen LogP contribution is 2.36. The fraction of sp³-hybridized carbons (Fsp3) is 0.429. The van der Waals surface area contributed by atoms with Crippen molar-refractivity contribution in [1.29, 1.82) is 0 Å². The first-order valence-electron chi connectivity index (χ1n) is 8.19. The van der Waals surface area contributed by atoms with Crippen molar-refractivity contribution in [3.63, 3.8) is 0 Å². The number of benzene rings is 2. The maximum Gasteiger partial charge on any atom is 0.118 e. The summed E-state index contributed by atoms with van der Waals surface area (Å²) in [5, 5.41) is 9.46. The molecule has 0 aromatic heterocycles. The molecule has 2 aromatic rings. The van der Waals surface area contributed by atoms with E-state index in [1.165, 1.54) is 11.1 Å². The van der Waals surface area contributed by atoms with Crippen LogP contribution in [0.15, 0.2) is 48.5 Å². The van der Waals surface area contributed by atoms with Gasteiger partial charge in [-0.1, -0.05) is 52.0 Å². The first-order chi connectivity index (χ1) is 10.7. The van der Waals surface area contributed by atoms with Crippen LogP contribution in [-0.4, -0.2) is 12.2 Å². The van der Waals surface area contributed by atoms with Gasteiger partial charge in [-0.15, -0.1) is 0 Å². The molecule has 23 heavy (non-hydrogen) atoms. The molecule has 0 atom stereocenters. The van der Waals surface area contributed by atoms with Crippen LogP contribution in [-0.2, 0) is 10.8 Å². The Kier molecular flexibility index (Phi) is 5.03. The van der Waals surface area contributed by atoms with Gasteiger partial charge in [0.1, 0.15) is 11.5 Å². The standard InChI is InChI=1S/C21H28O2/c1-20(2,16-6-10-18(22)11-7-16)14-15-21(3,4)17-8-12-19(23-5)13-9-17/h6-13,22H,14-15H2,1-5H3. The summed E-state index contributed by atoms with van der Waals surface area (Å²) >= 11 is 0. The second-order valence-electron chi connectivity index (χ2n) is 7.54. The lowest BCUT2D eigenvalue weighted by atomic mass is 9.73. The zero-order valence-electron chi connectivity index (χ0n) is 14.9. The first kappa shape index (κ1) is 17.4. The molecule has 2 nitrogen and oxygen atoms in total. The first-order valence-corrected chi connectivity index (χ1v) is 8.19. The average molecular weight is 312 g/mol. The molecule has 0 fully saturated rings. The quantitative estimate of drug-likeness (QED) is 0.770. The number of rotatable bonds is 6. The van der Waals surface area contributed by atoms with Crippen LogP contribution in [0.4, 0.5) is 0 Å². The van der Waals surface area contributed by atoms with E-state index >= 15 is 0 Å². The molecule has 2 heteroatoms. The fourth-order valence-corrected chi connectivity index (χ4v) is 2.87. The molecule has 0 heterocycles. The van der Waals surface area contributed by atoms with Crippen LogP contribution in [0.25, 0.3) is 0 Å². The Morgan fingerprint density at radius 3 is 1.52 bits per heavy atom. The second kappa shape index (κ2) is 6.66. The zero-order chi connectivity index (χ0) is 17.1. The van der Waals surface area contributed by atoms with Crippen molar-refractivity contribution in [1.82, 2.24) is 0 Å². The van der Waals surface area contributed by atoms with Crippen molar-refractivity contribution in [2.45, 2.75) is 51.4 Å². The lowest BCUT2D eigenvalue weighted by Gasteiger charge is -2.32. The van der Waals surface area contributed by atoms with Gasteiger partial charge in [0.15, 0.2) is 0 Å². The summed E-state index contributed by atoms with van der Waals surface area (Å²) in [5.41, 5.74) is 2.79. The Labute approximate surface area is 140 Å². The lowest BCUT2D eigenvalue weighted by Crippen LogP contribution is -2.24. The van der Waals surface area contributed by atoms with E-state index in [0.29, 0.717) is 5.75 Å².